The van der Waals surface area contributed by atoms with Gasteiger partial charge < -0.3 is 19.6 Å². The number of rotatable bonds is 4. The first-order valence-electron chi connectivity index (χ1n) is 7.72. The number of piperazine rings is 1. The van der Waals surface area contributed by atoms with Crippen molar-refractivity contribution in [2.24, 2.45) is 0 Å². The van der Waals surface area contributed by atoms with Crippen LogP contribution in [0.4, 0.5) is 5.69 Å². The van der Waals surface area contributed by atoms with E-state index in [9.17, 15) is 9.90 Å². The number of amides is 1. The standard InChI is InChI=1S/C18H20N2O3/c21-16-6-8-17(9-7-16)23-14-18(22)20-12-10-19(11-13-20)15-4-2-1-3-5-15/h1-9,21H,10-14H2. The lowest BCUT2D eigenvalue weighted by Crippen LogP contribution is -2.50. The van der Waals surface area contributed by atoms with Gasteiger partial charge in [-0.05, 0) is 36.4 Å². The van der Waals surface area contributed by atoms with Crippen LogP contribution in [0.15, 0.2) is 54.6 Å². The molecule has 5 heteroatoms. The van der Waals surface area contributed by atoms with E-state index in [-0.39, 0.29) is 18.3 Å². The Labute approximate surface area is 135 Å². The van der Waals surface area contributed by atoms with Gasteiger partial charge in [0.05, 0.1) is 0 Å². The van der Waals surface area contributed by atoms with E-state index >= 15 is 0 Å². The minimum Gasteiger partial charge on any atom is -0.508 e. The van der Waals surface area contributed by atoms with Gasteiger partial charge in [-0.2, -0.15) is 0 Å². The van der Waals surface area contributed by atoms with Crippen LogP contribution in [0.2, 0.25) is 0 Å². The van der Waals surface area contributed by atoms with Crippen LogP contribution >= 0.6 is 0 Å². The van der Waals surface area contributed by atoms with Gasteiger partial charge in [0, 0.05) is 31.9 Å². The zero-order chi connectivity index (χ0) is 16.1. The monoisotopic (exact) mass is 312 g/mol. The van der Waals surface area contributed by atoms with Crippen LogP contribution in [-0.4, -0.2) is 48.7 Å². The molecule has 120 valence electrons. The maximum Gasteiger partial charge on any atom is 0.260 e. The second kappa shape index (κ2) is 7.05. The quantitative estimate of drug-likeness (QED) is 0.939. The first kappa shape index (κ1) is 15.2. The Kier molecular flexibility index (Phi) is 4.66. The lowest BCUT2D eigenvalue weighted by atomic mass is 10.2. The maximum atomic E-state index is 12.2. The van der Waals surface area contributed by atoms with Gasteiger partial charge in [-0.1, -0.05) is 18.2 Å². The number of hydrogen-bond donors (Lipinski definition) is 1. The first-order valence-corrected chi connectivity index (χ1v) is 7.72. The Hall–Kier alpha value is -2.69. The van der Waals surface area contributed by atoms with E-state index in [1.807, 2.05) is 23.1 Å². The molecule has 1 aliphatic rings. The van der Waals surface area contributed by atoms with Crippen LogP contribution in [-0.2, 0) is 4.79 Å². The number of anilines is 1. The number of carbonyl (C=O) groups is 1. The molecule has 1 N–H and O–H groups in total. The molecule has 1 amide bonds. The van der Waals surface area contributed by atoms with Crippen molar-refractivity contribution < 1.29 is 14.6 Å². The molecule has 2 aromatic rings. The highest BCUT2D eigenvalue weighted by molar-refractivity contribution is 5.78. The zero-order valence-electron chi connectivity index (χ0n) is 12.9. The fourth-order valence-electron chi connectivity index (χ4n) is 2.63. The summed E-state index contributed by atoms with van der Waals surface area (Å²) in [6.45, 7) is 3.08. The van der Waals surface area contributed by atoms with Crippen molar-refractivity contribution in [3.8, 4) is 11.5 Å². The van der Waals surface area contributed by atoms with Gasteiger partial charge in [0.25, 0.3) is 5.91 Å². The molecular formula is C18H20N2O3. The molecule has 0 radical (unpaired) electrons. The van der Waals surface area contributed by atoms with E-state index in [0.29, 0.717) is 18.8 Å². The SMILES string of the molecule is O=C(COc1ccc(O)cc1)N1CCN(c2ccccc2)CC1. The Morgan fingerprint density at radius 3 is 2.26 bits per heavy atom. The average Bonchev–Trinajstić information content (AvgIpc) is 2.62. The first-order chi connectivity index (χ1) is 11.2. The third-order valence-electron chi connectivity index (χ3n) is 3.95. The van der Waals surface area contributed by atoms with Gasteiger partial charge in [0.2, 0.25) is 0 Å². The molecule has 1 saturated heterocycles. The number of nitrogens with zero attached hydrogens (tertiary/aromatic N) is 2. The van der Waals surface area contributed by atoms with Crippen LogP contribution in [0.3, 0.4) is 0 Å². The molecule has 1 heterocycles. The Morgan fingerprint density at radius 1 is 0.957 bits per heavy atom. The highest BCUT2D eigenvalue weighted by Gasteiger charge is 2.21. The third-order valence-corrected chi connectivity index (χ3v) is 3.95. The summed E-state index contributed by atoms with van der Waals surface area (Å²) in [6, 6.07) is 16.6. The summed E-state index contributed by atoms with van der Waals surface area (Å²) in [7, 11) is 0. The highest BCUT2D eigenvalue weighted by atomic mass is 16.5. The molecule has 0 atom stereocenters. The number of para-hydroxylation sites is 1. The molecular weight excluding hydrogens is 292 g/mol. The number of phenols is 1. The number of phenolic OH excluding ortho intramolecular Hbond substituents is 1. The second-order valence-electron chi connectivity index (χ2n) is 5.49. The molecule has 0 spiro atoms. The summed E-state index contributed by atoms with van der Waals surface area (Å²) >= 11 is 0. The minimum absolute atomic E-state index is 0.00853. The van der Waals surface area contributed by atoms with Gasteiger partial charge >= 0.3 is 0 Å². The number of ether oxygens (including phenoxy) is 1. The smallest absolute Gasteiger partial charge is 0.260 e. The van der Waals surface area contributed by atoms with Crippen molar-refractivity contribution in [2.75, 3.05) is 37.7 Å². The van der Waals surface area contributed by atoms with Gasteiger partial charge in [-0.3, -0.25) is 4.79 Å². The van der Waals surface area contributed by atoms with Crippen molar-refractivity contribution in [2.45, 2.75) is 0 Å². The minimum atomic E-state index is -0.00853. The molecule has 1 aliphatic heterocycles. The zero-order valence-corrected chi connectivity index (χ0v) is 12.9. The maximum absolute atomic E-state index is 12.2. The van der Waals surface area contributed by atoms with Crippen molar-refractivity contribution in [1.29, 1.82) is 0 Å². The number of carbonyl (C=O) groups excluding carboxylic acids is 1. The van der Waals surface area contributed by atoms with E-state index in [2.05, 4.69) is 17.0 Å². The molecule has 0 bridgehead atoms. The lowest BCUT2D eigenvalue weighted by Gasteiger charge is -2.36. The van der Waals surface area contributed by atoms with Crippen molar-refractivity contribution in [3.05, 3.63) is 54.6 Å². The van der Waals surface area contributed by atoms with Gasteiger partial charge in [-0.15, -0.1) is 0 Å². The largest absolute Gasteiger partial charge is 0.508 e. The fourth-order valence-corrected chi connectivity index (χ4v) is 2.63. The van der Waals surface area contributed by atoms with Crippen molar-refractivity contribution in [1.82, 2.24) is 4.90 Å². The Bertz CT molecular complexity index is 635. The predicted octanol–water partition coefficient (Wildman–Crippen LogP) is 2.12. The molecule has 1 fully saturated rings. The van der Waals surface area contributed by atoms with E-state index in [0.717, 1.165) is 13.1 Å². The second-order valence-corrected chi connectivity index (χ2v) is 5.49. The molecule has 2 aromatic carbocycles. The Balaban J connectivity index is 1.47. The molecule has 0 aromatic heterocycles. The summed E-state index contributed by atoms with van der Waals surface area (Å²) < 4.78 is 5.47. The van der Waals surface area contributed by atoms with Crippen LogP contribution < -0.4 is 9.64 Å². The third kappa shape index (κ3) is 3.94. The molecule has 0 unspecified atom stereocenters. The van der Waals surface area contributed by atoms with Gasteiger partial charge in [-0.25, -0.2) is 0 Å². The molecule has 5 nitrogen and oxygen atoms in total. The highest BCUT2D eigenvalue weighted by Crippen LogP contribution is 2.17. The average molecular weight is 312 g/mol. The summed E-state index contributed by atoms with van der Waals surface area (Å²) in [5.41, 5.74) is 1.19. The molecule has 0 aliphatic carbocycles. The summed E-state index contributed by atoms with van der Waals surface area (Å²) in [4.78, 5) is 16.3. The van der Waals surface area contributed by atoms with Crippen molar-refractivity contribution in [3.63, 3.8) is 0 Å². The lowest BCUT2D eigenvalue weighted by molar-refractivity contribution is -0.133. The van der Waals surface area contributed by atoms with Crippen LogP contribution in [0.1, 0.15) is 0 Å². The van der Waals surface area contributed by atoms with Gasteiger partial charge in [0.15, 0.2) is 6.61 Å². The number of hydrogen-bond acceptors (Lipinski definition) is 4. The summed E-state index contributed by atoms with van der Waals surface area (Å²) in [5.74, 6) is 0.755. The molecule has 23 heavy (non-hydrogen) atoms. The van der Waals surface area contributed by atoms with Crippen LogP contribution in [0, 0.1) is 0 Å². The fraction of sp³-hybridized carbons (Fsp3) is 0.278. The normalized spacial score (nSPS) is 14.6. The molecule has 0 saturated carbocycles. The summed E-state index contributed by atoms with van der Waals surface area (Å²) in [5, 5.41) is 9.22. The Morgan fingerprint density at radius 2 is 1.61 bits per heavy atom. The van der Waals surface area contributed by atoms with Crippen molar-refractivity contribution >= 4 is 11.6 Å². The number of aromatic hydroxyl groups is 1. The van der Waals surface area contributed by atoms with E-state index in [1.165, 1.54) is 5.69 Å². The van der Waals surface area contributed by atoms with Crippen LogP contribution in [0.25, 0.3) is 0 Å². The van der Waals surface area contributed by atoms with Crippen LogP contribution in [0.5, 0.6) is 11.5 Å². The molecule has 3 rings (SSSR count). The van der Waals surface area contributed by atoms with E-state index < -0.39 is 0 Å². The topological polar surface area (TPSA) is 53.0 Å². The number of benzene rings is 2. The predicted molar refractivity (Wildman–Crippen MR) is 88.8 cm³/mol. The van der Waals surface area contributed by atoms with E-state index in [4.69, 9.17) is 4.74 Å². The summed E-state index contributed by atoms with van der Waals surface area (Å²) in [6.07, 6.45) is 0. The van der Waals surface area contributed by atoms with E-state index in [1.54, 1.807) is 24.3 Å². The van der Waals surface area contributed by atoms with Gasteiger partial charge in [0.1, 0.15) is 11.5 Å².